The van der Waals surface area contributed by atoms with Crippen LogP contribution in [0, 0.1) is 0 Å². The number of halogens is 2. The van der Waals surface area contributed by atoms with Crippen LogP contribution < -0.4 is 0 Å². The average molecular weight is 306 g/mol. The summed E-state index contributed by atoms with van der Waals surface area (Å²) in [6.45, 7) is 0.259. The molecule has 1 aromatic carbocycles. The second kappa shape index (κ2) is 5.82. The molecule has 0 N–H and O–H groups in total. The van der Waals surface area contributed by atoms with Gasteiger partial charge in [-0.15, -0.1) is 10.2 Å². The molecule has 3 rings (SSSR count). The number of benzene rings is 1. The Morgan fingerprint density at radius 2 is 1.68 bits per heavy atom. The fourth-order valence-electron chi connectivity index (χ4n) is 2.49. The Kier molecular flexibility index (Phi) is 3.87. The molecule has 1 aromatic heterocycles. The molecule has 1 fully saturated rings. The van der Waals surface area contributed by atoms with E-state index in [-0.39, 0.29) is 38.3 Å². The maximum atomic E-state index is 13.1. The van der Waals surface area contributed by atoms with Crippen LogP contribution in [-0.2, 0) is 11.2 Å². The number of alkyl halides is 2. The summed E-state index contributed by atoms with van der Waals surface area (Å²) in [4.78, 5) is 13.7. The summed E-state index contributed by atoms with van der Waals surface area (Å²) in [6.07, 6.45) is 2.92. The van der Waals surface area contributed by atoms with Crippen LogP contribution in [0.15, 0.2) is 36.9 Å². The van der Waals surface area contributed by atoms with Crippen LogP contribution in [0.2, 0.25) is 0 Å². The van der Waals surface area contributed by atoms with E-state index >= 15 is 0 Å². The number of rotatable bonds is 3. The molecule has 2 heterocycles. The van der Waals surface area contributed by atoms with Crippen LogP contribution >= 0.6 is 0 Å². The van der Waals surface area contributed by atoms with Crippen molar-refractivity contribution >= 4 is 5.91 Å². The van der Waals surface area contributed by atoms with E-state index in [0.29, 0.717) is 0 Å². The van der Waals surface area contributed by atoms with Crippen LogP contribution in [0.5, 0.6) is 0 Å². The molecule has 7 heteroatoms. The number of likely N-dealkylation sites (tertiary alicyclic amines) is 1. The van der Waals surface area contributed by atoms with Gasteiger partial charge in [-0.25, -0.2) is 8.78 Å². The number of hydrogen-bond acceptors (Lipinski definition) is 3. The molecule has 2 aromatic rings. The molecule has 0 spiro atoms. The lowest BCUT2D eigenvalue weighted by atomic mass is 10.1. The van der Waals surface area contributed by atoms with Gasteiger partial charge in [-0.3, -0.25) is 9.36 Å². The van der Waals surface area contributed by atoms with Gasteiger partial charge in [-0.1, -0.05) is 12.1 Å². The van der Waals surface area contributed by atoms with E-state index in [1.165, 1.54) is 4.90 Å². The van der Waals surface area contributed by atoms with Crippen LogP contribution in [-0.4, -0.2) is 44.6 Å². The van der Waals surface area contributed by atoms with Crippen LogP contribution in [0.1, 0.15) is 18.4 Å². The summed E-state index contributed by atoms with van der Waals surface area (Å²) < 4.78 is 28.0. The third-order valence-corrected chi connectivity index (χ3v) is 3.86. The van der Waals surface area contributed by atoms with Gasteiger partial charge < -0.3 is 4.90 Å². The Bertz CT molecular complexity index is 630. The molecular weight excluding hydrogens is 290 g/mol. The highest BCUT2D eigenvalue weighted by atomic mass is 19.3. The predicted molar refractivity (Wildman–Crippen MR) is 75.8 cm³/mol. The van der Waals surface area contributed by atoms with Gasteiger partial charge in [0.1, 0.15) is 12.7 Å². The third-order valence-electron chi connectivity index (χ3n) is 3.86. The first kappa shape index (κ1) is 14.6. The van der Waals surface area contributed by atoms with Crippen LogP contribution in [0.3, 0.4) is 0 Å². The minimum atomic E-state index is -2.63. The molecule has 0 atom stereocenters. The Morgan fingerprint density at radius 3 is 2.27 bits per heavy atom. The van der Waals surface area contributed by atoms with Crippen molar-refractivity contribution in [3.8, 4) is 5.69 Å². The smallest absolute Gasteiger partial charge is 0.251 e. The summed E-state index contributed by atoms with van der Waals surface area (Å²) in [5, 5.41) is 7.47. The van der Waals surface area contributed by atoms with Gasteiger partial charge in [0, 0.05) is 31.6 Å². The Labute approximate surface area is 126 Å². The summed E-state index contributed by atoms with van der Waals surface area (Å²) >= 11 is 0. The summed E-state index contributed by atoms with van der Waals surface area (Å²) in [5.74, 6) is -2.73. The third kappa shape index (κ3) is 3.29. The van der Waals surface area contributed by atoms with Crippen LogP contribution in [0.4, 0.5) is 8.78 Å². The van der Waals surface area contributed by atoms with Gasteiger partial charge >= 0.3 is 0 Å². The molecule has 1 saturated heterocycles. The summed E-state index contributed by atoms with van der Waals surface area (Å²) in [7, 11) is 0. The molecule has 5 nitrogen and oxygen atoms in total. The van der Waals surface area contributed by atoms with Crippen molar-refractivity contribution in [1.82, 2.24) is 19.7 Å². The Hall–Kier alpha value is -2.31. The van der Waals surface area contributed by atoms with Gasteiger partial charge in [0.2, 0.25) is 5.91 Å². The summed E-state index contributed by atoms with van der Waals surface area (Å²) in [6, 6.07) is 7.45. The van der Waals surface area contributed by atoms with Crippen LogP contribution in [0.25, 0.3) is 5.69 Å². The highest BCUT2D eigenvalue weighted by Gasteiger charge is 2.35. The molecule has 1 aliphatic heterocycles. The first-order chi connectivity index (χ1) is 10.5. The molecular formula is C15H16F2N4O. The fraction of sp³-hybridized carbons (Fsp3) is 0.400. The van der Waals surface area contributed by atoms with E-state index in [0.717, 1.165) is 11.3 Å². The molecule has 22 heavy (non-hydrogen) atoms. The minimum absolute atomic E-state index is 0.104. The van der Waals surface area contributed by atoms with Crippen molar-refractivity contribution in [2.45, 2.75) is 25.2 Å². The molecule has 0 radical (unpaired) electrons. The minimum Gasteiger partial charge on any atom is -0.342 e. The SMILES string of the molecule is O=C(Cc1ccc(-n2cnnc2)cc1)N1CCC(F)(F)CC1. The second-order valence-corrected chi connectivity index (χ2v) is 5.45. The van der Waals surface area contributed by atoms with Gasteiger partial charge in [-0.2, -0.15) is 0 Å². The van der Waals surface area contributed by atoms with Crippen molar-refractivity contribution in [3.05, 3.63) is 42.5 Å². The molecule has 0 aliphatic carbocycles. The average Bonchev–Trinajstić information content (AvgIpc) is 3.02. The van der Waals surface area contributed by atoms with Crippen molar-refractivity contribution in [1.29, 1.82) is 0 Å². The number of nitrogens with zero attached hydrogens (tertiary/aromatic N) is 4. The number of hydrogen-bond donors (Lipinski definition) is 0. The van der Waals surface area contributed by atoms with Crippen molar-refractivity contribution in [2.75, 3.05) is 13.1 Å². The summed E-state index contributed by atoms with van der Waals surface area (Å²) in [5.41, 5.74) is 1.76. The van der Waals surface area contributed by atoms with Crippen molar-refractivity contribution in [3.63, 3.8) is 0 Å². The highest BCUT2D eigenvalue weighted by molar-refractivity contribution is 5.79. The quantitative estimate of drug-likeness (QED) is 0.872. The zero-order chi connectivity index (χ0) is 15.6. The first-order valence-electron chi connectivity index (χ1n) is 7.13. The molecule has 0 bridgehead atoms. The van der Waals surface area contributed by atoms with E-state index in [1.807, 2.05) is 24.3 Å². The van der Waals surface area contributed by atoms with E-state index in [1.54, 1.807) is 17.2 Å². The standard InChI is InChI=1S/C15H16F2N4O/c16-15(17)5-7-20(8-6-15)14(22)9-12-1-3-13(4-2-12)21-10-18-19-11-21/h1-4,10-11H,5-9H2. The molecule has 0 saturated carbocycles. The second-order valence-electron chi connectivity index (χ2n) is 5.45. The lowest BCUT2D eigenvalue weighted by molar-refractivity contribution is -0.136. The molecule has 1 aliphatic rings. The number of carbonyl (C=O) groups excluding carboxylic acids is 1. The normalized spacial score (nSPS) is 17.5. The zero-order valence-electron chi connectivity index (χ0n) is 12.0. The fourth-order valence-corrected chi connectivity index (χ4v) is 2.49. The van der Waals surface area contributed by atoms with E-state index in [2.05, 4.69) is 10.2 Å². The maximum Gasteiger partial charge on any atom is 0.251 e. The van der Waals surface area contributed by atoms with Gasteiger partial charge in [0.15, 0.2) is 0 Å². The lowest BCUT2D eigenvalue weighted by Crippen LogP contribution is -2.43. The molecule has 0 unspecified atom stereocenters. The predicted octanol–water partition coefficient (Wildman–Crippen LogP) is 2.07. The Balaban J connectivity index is 1.60. The molecule has 1 amide bonds. The first-order valence-corrected chi connectivity index (χ1v) is 7.13. The lowest BCUT2D eigenvalue weighted by Gasteiger charge is -2.31. The van der Waals surface area contributed by atoms with Crippen molar-refractivity contribution < 1.29 is 13.6 Å². The van der Waals surface area contributed by atoms with Gasteiger partial charge in [0.05, 0.1) is 6.42 Å². The number of amides is 1. The maximum absolute atomic E-state index is 13.1. The zero-order valence-corrected chi connectivity index (χ0v) is 12.0. The van der Waals surface area contributed by atoms with E-state index in [4.69, 9.17) is 0 Å². The number of carbonyl (C=O) groups is 1. The van der Waals surface area contributed by atoms with Gasteiger partial charge in [-0.05, 0) is 17.7 Å². The largest absolute Gasteiger partial charge is 0.342 e. The Morgan fingerprint density at radius 1 is 1.09 bits per heavy atom. The van der Waals surface area contributed by atoms with E-state index in [9.17, 15) is 13.6 Å². The van der Waals surface area contributed by atoms with Crippen molar-refractivity contribution in [2.24, 2.45) is 0 Å². The number of piperidine rings is 1. The van der Waals surface area contributed by atoms with Gasteiger partial charge in [0.25, 0.3) is 5.92 Å². The number of aromatic nitrogens is 3. The highest BCUT2D eigenvalue weighted by Crippen LogP contribution is 2.27. The topological polar surface area (TPSA) is 51.0 Å². The monoisotopic (exact) mass is 306 g/mol. The van der Waals surface area contributed by atoms with E-state index < -0.39 is 5.92 Å². The molecule has 116 valence electrons.